The van der Waals surface area contributed by atoms with Crippen molar-refractivity contribution in [1.82, 2.24) is 5.01 Å². The molecule has 0 spiro atoms. The largest absolute Gasteiger partial charge is 0.497 e. The van der Waals surface area contributed by atoms with Crippen LogP contribution in [0.1, 0.15) is 33.9 Å². The van der Waals surface area contributed by atoms with Crippen LogP contribution in [0.4, 0.5) is 0 Å². The number of esters is 1. The molecule has 0 saturated heterocycles. The maximum Gasteiger partial charge on any atom is 0.342 e. The van der Waals surface area contributed by atoms with Gasteiger partial charge >= 0.3 is 5.97 Å². The van der Waals surface area contributed by atoms with Crippen molar-refractivity contribution in [3.05, 3.63) is 89.5 Å². The molecule has 1 atom stereocenters. The Morgan fingerprint density at radius 3 is 2.29 bits per heavy atom. The van der Waals surface area contributed by atoms with Gasteiger partial charge < -0.3 is 18.9 Å². The summed E-state index contributed by atoms with van der Waals surface area (Å²) in [6.45, 7) is -0.475. The summed E-state index contributed by atoms with van der Waals surface area (Å²) in [6.07, 6.45) is 0.528. The van der Waals surface area contributed by atoms with Crippen LogP contribution in [0.15, 0.2) is 77.9 Å². The van der Waals surface area contributed by atoms with Gasteiger partial charge in [-0.05, 0) is 35.4 Å². The summed E-state index contributed by atoms with van der Waals surface area (Å²) in [4.78, 5) is 25.9. The van der Waals surface area contributed by atoms with Gasteiger partial charge in [-0.2, -0.15) is 5.10 Å². The second-order valence-electron chi connectivity index (χ2n) is 7.76. The fourth-order valence-corrected chi connectivity index (χ4v) is 3.95. The van der Waals surface area contributed by atoms with Crippen molar-refractivity contribution < 1.29 is 28.5 Å². The van der Waals surface area contributed by atoms with Gasteiger partial charge in [-0.25, -0.2) is 9.80 Å². The molecule has 0 radical (unpaired) electrons. The summed E-state index contributed by atoms with van der Waals surface area (Å²) in [5, 5.41) is 5.99. The third kappa shape index (κ3) is 5.11. The molecule has 1 amide bonds. The van der Waals surface area contributed by atoms with Crippen LogP contribution in [-0.2, 0) is 9.53 Å². The smallest absolute Gasteiger partial charge is 0.342 e. The molecule has 8 heteroatoms. The summed E-state index contributed by atoms with van der Waals surface area (Å²) >= 11 is 0. The van der Waals surface area contributed by atoms with Crippen LogP contribution in [0, 0.1) is 0 Å². The second-order valence-corrected chi connectivity index (χ2v) is 7.76. The van der Waals surface area contributed by atoms with Gasteiger partial charge in [0.05, 0.1) is 33.1 Å². The number of para-hydroxylation sites is 1. The summed E-state index contributed by atoms with van der Waals surface area (Å²) in [5.41, 5.74) is 2.77. The van der Waals surface area contributed by atoms with Crippen LogP contribution in [0.2, 0.25) is 0 Å². The van der Waals surface area contributed by atoms with E-state index >= 15 is 0 Å². The van der Waals surface area contributed by atoms with E-state index in [0.29, 0.717) is 12.2 Å². The van der Waals surface area contributed by atoms with E-state index in [-0.39, 0.29) is 17.4 Å². The molecule has 0 unspecified atom stereocenters. The topological polar surface area (TPSA) is 86.7 Å². The van der Waals surface area contributed by atoms with Crippen LogP contribution in [0.5, 0.6) is 17.2 Å². The average molecular weight is 475 g/mol. The molecular weight excluding hydrogens is 448 g/mol. The third-order valence-corrected chi connectivity index (χ3v) is 5.72. The first kappa shape index (κ1) is 23.8. The van der Waals surface area contributed by atoms with Crippen molar-refractivity contribution in [3.63, 3.8) is 0 Å². The molecule has 0 aliphatic carbocycles. The van der Waals surface area contributed by atoms with Crippen LogP contribution < -0.4 is 14.2 Å². The Hall–Kier alpha value is -4.33. The number of amides is 1. The molecule has 0 bridgehead atoms. The lowest BCUT2D eigenvalue weighted by Gasteiger charge is -2.22. The normalized spacial score (nSPS) is 14.8. The summed E-state index contributed by atoms with van der Waals surface area (Å²) in [7, 11) is 4.51. The SMILES string of the molecule is COc1ccc([C@@H]2CC(c3ccccc3)=NN2C(=O)COC(=O)c2cccc(OC)c2OC)cc1. The fourth-order valence-electron chi connectivity index (χ4n) is 3.95. The van der Waals surface area contributed by atoms with Crippen molar-refractivity contribution in [1.29, 1.82) is 0 Å². The molecular formula is C27H26N2O6. The van der Waals surface area contributed by atoms with Gasteiger partial charge in [-0.1, -0.05) is 48.5 Å². The van der Waals surface area contributed by atoms with Gasteiger partial charge in [0.1, 0.15) is 11.3 Å². The fraction of sp³-hybridized carbons (Fsp3) is 0.222. The molecule has 0 fully saturated rings. The van der Waals surface area contributed by atoms with Gasteiger partial charge in [-0.3, -0.25) is 4.79 Å². The van der Waals surface area contributed by atoms with Crippen molar-refractivity contribution >= 4 is 17.6 Å². The molecule has 4 rings (SSSR count). The van der Waals surface area contributed by atoms with E-state index in [1.54, 1.807) is 25.3 Å². The quantitative estimate of drug-likeness (QED) is 0.454. The lowest BCUT2D eigenvalue weighted by atomic mass is 9.98. The van der Waals surface area contributed by atoms with Gasteiger partial charge in [0.25, 0.3) is 5.91 Å². The monoisotopic (exact) mass is 474 g/mol. The number of hydrazone groups is 1. The van der Waals surface area contributed by atoms with Crippen molar-refractivity contribution in [2.24, 2.45) is 5.10 Å². The molecule has 8 nitrogen and oxygen atoms in total. The average Bonchev–Trinajstić information content (AvgIpc) is 3.37. The molecule has 1 aliphatic rings. The van der Waals surface area contributed by atoms with Gasteiger partial charge in [0, 0.05) is 6.42 Å². The number of carbonyl (C=O) groups is 2. The minimum Gasteiger partial charge on any atom is -0.497 e. The Morgan fingerprint density at radius 2 is 1.63 bits per heavy atom. The number of hydrogen-bond donors (Lipinski definition) is 0. The molecule has 0 N–H and O–H groups in total. The highest BCUT2D eigenvalue weighted by molar-refractivity contribution is 6.03. The maximum absolute atomic E-state index is 13.2. The first-order valence-corrected chi connectivity index (χ1v) is 11.0. The van der Waals surface area contributed by atoms with E-state index in [9.17, 15) is 9.59 Å². The molecule has 0 aromatic heterocycles. The molecule has 1 aliphatic heterocycles. The van der Waals surface area contributed by atoms with Crippen LogP contribution in [0.3, 0.4) is 0 Å². The van der Waals surface area contributed by atoms with E-state index in [4.69, 9.17) is 18.9 Å². The van der Waals surface area contributed by atoms with Crippen LogP contribution in [0.25, 0.3) is 0 Å². The highest BCUT2D eigenvalue weighted by Gasteiger charge is 2.33. The Kier molecular flexibility index (Phi) is 7.30. The van der Waals surface area contributed by atoms with Gasteiger partial charge in [0.15, 0.2) is 18.1 Å². The molecule has 35 heavy (non-hydrogen) atoms. The lowest BCUT2D eigenvalue weighted by molar-refractivity contribution is -0.136. The minimum absolute atomic E-state index is 0.168. The molecule has 180 valence electrons. The van der Waals surface area contributed by atoms with Crippen molar-refractivity contribution in [2.75, 3.05) is 27.9 Å². The first-order valence-electron chi connectivity index (χ1n) is 11.0. The number of benzene rings is 3. The molecule has 3 aromatic carbocycles. The van der Waals surface area contributed by atoms with E-state index in [2.05, 4.69) is 5.10 Å². The zero-order chi connectivity index (χ0) is 24.8. The van der Waals surface area contributed by atoms with Crippen LogP contribution in [-0.4, -0.2) is 50.5 Å². The Balaban J connectivity index is 1.55. The second kappa shape index (κ2) is 10.7. The summed E-state index contributed by atoms with van der Waals surface area (Å²) in [6, 6.07) is 21.7. The minimum atomic E-state index is -0.693. The highest BCUT2D eigenvalue weighted by Crippen LogP contribution is 2.34. The number of hydrogen-bond acceptors (Lipinski definition) is 7. The number of methoxy groups -OCH3 is 3. The Bertz CT molecular complexity index is 1220. The number of carbonyl (C=O) groups excluding carboxylic acids is 2. The number of rotatable bonds is 8. The van der Waals surface area contributed by atoms with Crippen molar-refractivity contribution in [3.8, 4) is 17.2 Å². The van der Waals surface area contributed by atoms with E-state index < -0.39 is 18.5 Å². The first-order chi connectivity index (χ1) is 17.0. The third-order valence-electron chi connectivity index (χ3n) is 5.72. The predicted molar refractivity (Wildman–Crippen MR) is 130 cm³/mol. The summed E-state index contributed by atoms with van der Waals surface area (Å²) in [5.74, 6) is 0.224. The predicted octanol–water partition coefficient (Wildman–Crippen LogP) is 4.25. The Morgan fingerprint density at radius 1 is 0.886 bits per heavy atom. The molecule has 1 heterocycles. The zero-order valence-corrected chi connectivity index (χ0v) is 19.8. The zero-order valence-electron chi connectivity index (χ0n) is 19.8. The van der Waals surface area contributed by atoms with Crippen LogP contribution >= 0.6 is 0 Å². The lowest BCUT2D eigenvalue weighted by Crippen LogP contribution is -2.31. The van der Waals surface area contributed by atoms with Gasteiger partial charge in [0.2, 0.25) is 0 Å². The van der Waals surface area contributed by atoms with Crippen molar-refractivity contribution in [2.45, 2.75) is 12.5 Å². The molecule has 3 aromatic rings. The Labute approximate surface area is 203 Å². The molecule has 0 saturated carbocycles. The standard InChI is InChI=1S/C27H26N2O6/c1-32-20-14-12-19(13-15-20)23-16-22(18-8-5-4-6-9-18)28-29(23)25(30)17-35-27(31)21-10-7-11-24(33-2)26(21)34-3/h4-15,23H,16-17H2,1-3H3/t23-/m0/s1. The van der Waals surface area contributed by atoms with Gasteiger partial charge in [-0.15, -0.1) is 0 Å². The maximum atomic E-state index is 13.2. The summed E-state index contributed by atoms with van der Waals surface area (Å²) < 4.78 is 21.1. The van der Waals surface area contributed by atoms with E-state index in [0.717, 1.165) is 22.6 Å². The number of ether oxygens (including phenoxy) is 4. The number of nitrogens with zero attached hydrogens (tertiary/aromatic N) is 2. The van der Waals surface area contributed by atoms with E-state index in [1.807, 2.05) is 54.6 Å². The highest BCUT2D eigenvalue weighted by atomic mass is 16.5. The van der Waals surface area contributed by atoms with E-state index in [1.165, 1.54) is 19.2 Å².